The molecule has 0 fully saturated rings. The van der Waals surface area contributed by atoms with E-state index in [0.29, 0.717) is 5.75 Å². The van der Waals surface area contributed by atoms with Gasteiger partial charge in [0.2, 0.25) is 0 Å². The lowest BCUT2D eigenvalue weighted by Gasteiger charge is -2.25. The fourth-order valence-corrected chi connectivity index (χ4v) is 3.98. The molecule has 0 bridgehead atoms. The van der Waals surface area contributed by atoms with Crippen LogP contribution in [0, 0.1) is 10.1 Å². The molecule has 0 amide bonds. The zero-order valence-corrected chi connectivity index (χ0v) is 15.1. The number of nitrogens with zero attached hydrogens (tertiary/aromatic N) is 2. The maximum absolute atomic E-state index is 13.2. The highest BCUT2D eigenvalue weighted by atomic mass is 32.2. The first-order valence-corrected chi connectivity index (χ1v) is 8.90. The summed E-state index contributed by atoms with van der Waals surface area (Å²) in [6.07, 6.45) is 1.38. The topological polar surface area (TPSA) is 99.0 Å². The third-order valence-corrected chi connectivity index (χ3v) is 5.41. The number of benzene rings is 2. The van der Waals surface area contributed by atoms with Gasteiger partial charge in [-0.05, 0) is 18.2 Å². The molecule has 0 radical (unpaired) electrons. The highest BCUT2D eigenvalue weighted by molar-refractivity contribution is 7.93. The van der Waals surface area contributed by atoms with Crippen molar-refractivity contribution in [2.24, 2.45) is 0 Å². The number of nitro benzene ring substituents is 1. The van der Waals surface area contributed by atoms with Crippen molar-refractivity contribution in [3.8, 4) is 11.5 Å². The molecule has 0 aliphatic carbocycles. The third-order valence-electron chi connectivity index (χ3n) is 3.58. The van der Waals surface area contributed by atoms with E-state index >= 15 is 0 Å². The van der Waals surface area contributed by atoms with E-state index in [1.54, 1.807) is 12.1 Å². The Labute approximate surface area is 151 Å². The summed E-state index contributed by atoms with van der Waals surface area (Å²) < 4.78 is 37.8. The fraction of sp³-hybridized carbons (Fsp3) is 0.176. The largest absolute Gasteiger partial charge is 0.497 e. The molecule has 9 heteroatoms. The standard InChI is InChI=1S/C17H18N2O6S/c1-4-11-18(15-12-13(24-2)9-10-16(15)25-3)26(22,23)17-8-6-5-7-14(17)19(20)21/h4-10,12H,1,11H2,2-3H3. The van der Waals surface area contributed by atoms with Crippen LogP contribution in [0.25, 0.3) is 0 Å². The molecule has 0 aliphatic heterocycles. The molecule has 0 saturated carbocycles. The van der Waals surface area contributed by atoms with E-state index in [9.17, 15) is 18.5 Å². The normalized spacial score (nSPS) is 10.8. The monoisotopic (exact) mass is 378 g/mol. The van der Waals surface area contributed by atoms with Crippen molar-refractivity contribution in [3.05, 3.63) is 65.2 Å². The van der Waals surface area contributed by atoms with Crippen LogP contribution in [0.5, 0.6) is 11.5 Å². The van der Waals surface area contributed by atoms with E-state index in [0.717, 1.165) is 10.4 Å². The van der Waals surface area contributed by atoms with Gasteiger partial charge in [0.05, 0.1) is 31.4 Å². The van der Waals surface area contributed by atoms with Crippen molar-refractivity contribution < 1.29 is 22.8 Å². The molecule has 0 aliphatic rings. The molecule has 2 aromatic carbocycles. The molecule has 2 rings (SSSR count). The minimum atomic E-state index is -4.26. The van der Waals surface area contributed by atoms with Crippen LogP contribution >= 0.6 is 0 Å². The van der Waals surface area contributed by atoms with Crippen LogP contribution in [0.4, 0.5) is 11.4 Å². The predicted molar refractivity (Wildman–Crippen MR) is 97.4 cm³/mol. The van der Waals surface area contributed by atoms with E-state index in [1.807, 2.05) is 0 Å². The van der Waals surface area contributed by atoms with Gasteiger partial charge in [-0.2, -0.15) is 0 Å². The summed E-state index contributed by atoms with van der Waals surface area (Å²) in [6, 6.07) is 9.81. The molecule has 0 aromatic heterocycles. The molecular formula is C17H18N2O6S. The number of ether oxygens (including phenoxy) is 2. The van der Waals surface area contributed by atoms with Gasteiger partial charge in [-0.3, -0.25) is 14.4 Å². The van der Waals surface area contributed by atoms with Crippen molar-refractivity contribution in [1.29, 1.82) is 0 Å². The van der Waals surface area contributed by atoms with Gasteiger partial charge in [0.1, 0.15) is 11.5 Å². The second-order valence-corrected chi connectivity index (χ2v) is 6.92. The molecule has 0 atom stereocenters. The summed E-state index contributed by atoms with van der Waals surface area (Å²) in [5.74, 6) is 0.683. The second-order valence-electron chi connectivity index (χ2n) is 5.09. The Morgan fingerprint density at radius 3 is 2.46 bits per heavy atom. The summed E-state index contributed by atoms with van der Waals surface area (Å²) in [6.45, 7) is 3.46. The molecule has 0 heterocycles. The average Bonchev–Trinajstić information content (AvgIpc) is 2.65. The van der Waals surface area contributed by atoms with Crippen LogP contribution in [-0.2, 0) is 10.0 Å². The maximum atomic E-state index is 13.2. The quantitative estimate of drug-likeness (QED) is 0.398. The lowest BCUT2D eigenvalue weighted by molar-refractivity contribution is -0.387. The highest BCUT2D eigenvalue weighted by Gasteiger charge is 2.32. The molecule has 138 valence electrons. The zero-order chi connectivity index (χ0) is 19.3. The number of para-hydroxylation sites is 1. The average molecular weight is 378 g/mol. The molecular weight excluding hydrogens is 360 g/mol. The summed E-state index contributed by atoms with van der Waals surface area (Å²) in [5.41, 5.74) is -0.326. The first-order valence-electron chi connectivity index (χ1n) is 7.46. The SMILES string of the molecule is C=CCN(c1cc(OC)ccc1OC)S(=O)(=O)c1ccccc1[N+](=O)[O-]. The van der Waals surface area contributed by atoms with E-state index in [4.69, 9.17) is 9.47 Å². The molecule has 8 nitrogen and oxygen atoms in total. The lowest BCUT2D eigenvalue weighted by Crippen LogP contribution is -2.32. The van der Waals surface area contributed by atoms with E-state index in [-0.39, 0.29) is 18.0 Å². The third kappa shape index (κ3) is 3.62. The zero-order valence-electron chi connectivity index (χ0n) is 14.3. The second kappa shape index (κ2) is 7.87. The van der Waals surface area contributed by atoms with Gasteiger partial charge >= 0.3 is 0 Å². The molecule has 26 heavy (non-hydrogen) atoms. The Hall–Kier alpha value is -3.07. The Morgan fingerprint density at radius 1 is 1.19 bits per heavy atom. The molecule has 2 aromatic rings. The van der Waals surface area contributed by atoms with Gasteiger partial charge in [-0.1, -0.05) is 18.2 Å². The van der Waals surface area contributed by atoms with Crippen LogP contribution in [0.3, 0.4) is 0 Å². The molecule has 0 unspecified atom stereocenters. The Kier molecular flexibility index (Phi) is 5.83. The Bertz CT molecular complexity index is 927. The fourth-order valence-electron chi connectivity index (χ4n) is 2.38. The number of hydrogen-bond donors (Lipinski definition) is 0. The number of anilines is 1. The van der Waals surface area contributed by atoms with E-state index in [1.165, 1.54) is 44.6 Å². The van der Waals surface area contributed by atoms with Crippen LogP contribution in [0.1, 0.15) is 0 Å². The number of hydrogen-bond acceptors (Lipinski definition) is 6. The Morgan fingerprint density at radius 2 is 1.88 bits per heavy atom. The van der Waals surface area contributed by atoms with Crippen LogP contribution in [0.2, 0.25) is 0 Å². The number of sulfonamides is 1. The Balaban J connectivity index is 2.71. The summed E-state index contributed by atoms with van der Waals surface area (Å²) in [7, 11) is -1.42. The summed E-state index contributed by atoms with van der Waals surface area (Å²) in [4.78, 5) is 10.1. The smallest absolute Gasteiger partial charge is 0.289 e. The predicted octanol–water partition coefficient (Wildman–Crippen LogP) is 2.99. The first kappa shape index (κ1) is 19.3. The maximum Gasteiger partial charge on any atom is 0.289 e. The lowest BCUT2D eigenvalue weighted by atomic mass is 10.2. The first-order chi connectivity index (χ1) is 12.4. The van der Waals surface area contributed by atoms with Crippen LogP contribution in [-0.4, -0.2) is 34.1 Å². The van der Waals surface area contributed by atoms with Gasteiger partial charge < -0.3 is 9.47 Å². The number of methoxy groups -OCH3 is 2. The van der Waals surface area contributed by atoms with Gasteiger partial charge in [0.15, 0.2) is 4.90 Å². The van der Waals surface area contributed by atoms with E-state index < -0.39 is 25.5 Å². The number of nitro groups is 1. The van der Waals surface area contributed by atoms with Gasteiger partial charge in [0.25, 0.3) is 15.7 Å². The van der Waals surface area contributed by atoms with E-state index in [2.05, 4.69) is 6.58 Å². The molecule has 0 spiro atoms. The van der Waals surface area contributed by atoms with Crippen molar-refractivity contribution in [2.45, 2.75) is 4.90 Å². The van der Waals surface area contributed by atoms with Gasteiger partial charge in [0, 0.05) is 12.1 Å². The van der Waals surface area contributed by atoms with Crippen LogP contribution in [0.15, 0.2) is 60.0 Å². The van der Waals surface area contributed by atoms with Crippen LogP contribution < -0.4 is 13.8 Å². The summed E-state index contributed by atoms with van der Waals surface area (Å²) >= 11 is 0. The van der Waals surface area contributed by atoms with Crippen molar-refractivity contribution >= 4 is 21.4 Å². The van der Waals surface area contributed by atoms with Gasteiger partial charge in [-0.15, -0.1) is 6.58 Å². The molecule has 0 saturated heterocycles. The van der Waals surface area contributed by atoms with Crippen molar-refractivity contribution in [3.63, 3.8) is 0 Å². The van der Waals surface area contributed by atoms with Gasteiger partial charge in [-0.25, -0.2) is 8.42 Å². The minimum absolute atomic E-state index is 0.113. The number of rotatable bonds is 8. The molecule has 0 N–H and O–H groups in total. The van der Waals surface area contributed by atoms with Crippen molar-refractivity contribution in [2.75, 3.05) is 25.1 Å². The summed E-state index contributed by atoms with van der Waals surface area (Å²) in [5, 5.41) is 11.3. The van der Waals surface area contributed by atoms with Crippen molar-refractivity contribution in [1.82, 2.24) is 0 Å². The minimum Gasteiger partial charge on any atom is -0.497 e. The highest BCUT2D eigenvalue weighted by Crippen LogP contribution is 2.37.